The molecular formula is C17H20N2O3S. The van der Waals surface area contributed by atoms with Gasteiger partial charge in [-0.1, -0.05) is 6.07 Å². The lowest BCUT2D eigenvalue weighted by atomic mass is 10.2. The van der Waals surface area contributed by atoms with Gasteiger partial charge in [0.05, 0.1) is 18.6 Å². The fraction of sp³-hybridized carbons (Fsp3) is 0.412. The Morgan fingerprint density at radius 2 is 2.09 bits per heavy atom. The summed E-state index contributed by atoms with van der Waals surface area (Å²) in [6, 6.07) is 5.66. The number of amides is 1. The zero-order valence-corrected chi connectivity index (χ0v) is 14.2. The first-order valence-corrected chi connectivity index (χ1v) is 8.61. The molecule has 0 spiro atoms. The Kier molecular flexibility index (Phi) is 4.91. The summed E-state index contributed by atoms with van der Waals surface area (Å²) in [7, 11) is 1.61. The van der Waals surface area contributed by atoms with Crippen molar-refractivity contribution in [1.29, 1.82) is 0 Å². The molecule has 0 N–H and O–H groups in total. The number of amidine groups is 1. The van der Waals surface area contributed by atoms with E-state index < -0.39 is 0 Å². The second kappa shape index (κ2) is 7.08. The highest BCUT2D eigenvalue weighted by atomic mass is 32.2. The Bertz CT molecular complexity index is 664. The molecule has 1 amide bonds. The van der Waals surface area contributed by atoms with Crippen LogP contribution in [-0.2, 0) is 4.79 Å². The number of carbonyl (C=O) groups excluding carboxylic acids is 1. The summed E-state index contributed by atoms with van der Waals surface area (Å²) in [6.07, 6.45) is 4.20. The zero-order chi connectivity index (χ0) is 16.2. The first-order valence-electron chi connectivity index (χ1n) is 7.79. The topological polar surface area (TPSA) is 51.1 Å². The SMILES string of the molecule is CCOc1ccc(/C=C2\SC(N3CCCC3)=NC2=O)cc1OC. The van der Waals surface area contributed by atoms with Gasteiger partial charge in [-0.05, 0) is 55.3 Å². The summed E-state index contributed by atoms with van der Waals surface area (Å²) < 4.78 is 10.9. The fourth-order valence-electron chi connectivity index (χ4n) is 2.64. The maximum absolute atomic E-state index is 12.1. The second-order valence-electron chi connectivity index (χ2n) is 5.35. The van der Waals surface area contributed by atoms with Gasteiger partial charge in [-0.15, -0.1) is 0 Å². The van der Waals surface area contributed by atoms with Crippen LogP contribution in [-0.4, -0.2) is 42.8 Å². The van der Waals surface area contributed by atoms with Gasteiger partial charge in [0.25, 0.3) is 5.91 Å². The van der Waals surface area contributed by atoms with Gasteiger partial charge in [0.1, 0.15) is 0 Å². The standard InChI is InChI=1S/C17H20N2O3S/c1-3-22-13-7-6-12(10-14(13)21-2)11-15-16(20)18-17(23-15)19-8-4-5-9-19/h6-7,10-11H,3-5,8-9H2,1-2H3/b15-11-. The number of methoxy groups -OCH3 is 1. The molecule has 6 heteroatoms. The summed E-state index contributed by atoms with van der Waals surface area (Å²) in [5, 5.41) is 0.830. The highest BCUT2D eigenvalue weighted by Crippen LogP contribution is 2.34. The lowest BCUT2D eigenvalue weighted by molar-refractivity contribution is -0.113. The van der Waals surface area contributed by atoms with E-state index in [0.29, 0.717) is 23.0 Å². The van der Waals surface area contributed by atoms with Crippen LogP contribution in [0.15, 0.2) is 28.1 Å². The molecule has 2 heterocycles. The van der Waals surface area contributed by atoms with E-state index in [1.54, 1.807) is 7.11 Å². The van der Waals surface area contributed by atoms with E-state index in [4.69, 9.17) is 9.47 Å². The number of carbonyl (C=O) groups is 1. The number of ether oxygens (including phenoxy) is 2. The van der Waals surface area contributed by atoms with Crippen LogP contribution in [0.25, 0.3) is 6.08 Å². The molecule has 3 rings (SSSR count). The van der Waals surface area contributed by atoms with Gasteiger partial charge in [0.15, 0.2) is 16.7 Å². The molecule has 1 fully saturated rings. The van der Waals surface area contributed by atoms with E-state index in [1.807, 2.05) is 31.2 Å². The molecule has 1 aromatic rings. The monoisotopic (exact) mass is 332 g/mol. The van der Waals surface area contributed by atoms with Gasteiger partial charge < -0.3 is 14.4 Å². The maximum atomic E-state index is 12.1. The van der Waals surface area contributed by atoms with E-state index >= 15 is 0 Å². The molecule has 0 unspecified atom stereocenters. The number of aliphatic imine (C=N–C) groups is 1. The van der Waals surface area contributed by atoms with Crippen LogP contribution in [0.3, 0.4) is 0 Å². The number of rotatable bonds is 4. The van der Waals surface area contributed by atoms with E-state index in [1.165, 1.54) is 24.6 Å². The third-order valence-corrected chi connectivity index (χ3v) is 4.82. The molecule has 2 aliphatic heterocycles. The van der Waals surface area contributed by atoms with Crippen molar-refractivity contribution in [2.75, 3.05) is 26.8 Å². The Labute approximate surface area is 140 Å². The van der Waals surface area contributed by atoms with E-state index in [-0.39, 0.29) is 5.91 Å². The average molecular weight is 332 g/mol. The molecular weight excluding hydrogens is 312 g/mol. The normalized spacial score (nSPS) is 19.4. The van der Waals surface area contributed by atoms with Crippen molar-refractivity contribution in [3.8, 4) is 11.5 Å². The third-order valence-electron chi connectivity index (χ3n) is 3.77. The van der Waals surface area contributed by atoms with Gasteiger partial charge in [0.2, 0.25) is 0 Å². The van der Waals surface area contributed by atoms with Gasteiger partial charge in [-0.25, -0.2) is 0 Å². The molecule has 0 saturated carbocycles. The summed E-state index contributed by atoms with van der Waals surface area (Å²) in [4.78, 5) is 19.1. The highest BCUT2D eigenvalue weighted by molar-refractivity contribution is 8.18. The number of hydrogen-bond donors (Lipinski definition) is 0. The quantitative estimate of drug-likeness (QED) is 0.793. The fourth-order valence-corrected chi connectivity index (χ4v) is 3.61. The van der Waals surface area contributed by atoms with Crippen molar-refractivity contribution in [3.05, 3.63) is 28.7 Å². The van der Waals surface area contributed by atoms with Crippen LogP contribution in [0.5, 0.6) is 11.5 Å². The molecule has 0 atom stereocenters. The van der Waals surface area contributed by atoms with E-state index in [9.17, 15) is 4.79 Å². The predicted molar refractivity (Wildman–Crippen MR) is 93.0 cm³/mol. The summed E-state index contributed by atoms with van der Waals surface area (Å²) in [5.74, 6) is 1.21. The molecule has 1 saturated heterocycles. The minimum absolute atomic E-state index is 0.162. The van der Waals surface area contributed by atoms with Crippen LogP contribution < -0.4 is 9.47 Å². The Hall–Kier alpha value is -1.95. The average Bonchev–Trinajstić information content (AvgIpc) is 3.19. The molecule has 2 aliphatic rings. The number of hydrogen-bond acceptors (Lipinski definition) is 5. The van der Waals surface area contributed by atoms with Crippen molar-refractivity contribution in [1.82, 2.24) is 4.90 Å². The predicted octanol–water partition coefficient (Wildman–Crippen LogP) is 3.16. The summed E-state index contributed by atoms with van der Waals surface area (Å²) in [5.41, 5.74) is 0.902. The molecule has 5 nitrogen and oxygen atoms in total. The van der Waals surface area contributed by atoms with Crippen molar-refractivity contribution in [2.45, 2.75) is 19.8 Å². The Morgan fingerprint density at radius 1 is 1.30 bits per heavy atom. The Balaban J connectivity index is 1.78. The first-order chi connectivity index (χ1) is 11.2. The van der Waals surface area contributed by atoms with Gasteiger partial charge in [0, 0.05) is 13.1 Å². The number of benzene rings is 1. The third kappa shape index (κ3) is 3.52. The molecule has 23 heavy (non-hydrogen) atoms. The summed E-state index contributed by atoms with van der Waals surface area (Å²) in [6.45, 7) is 4.49. The first kappa shape index (κ1) is 15.9. The van der Waals surface area contributed by atoms with E-state index in [2.05, 4.69) is 9.89 Å². The Morgan fingerprint density at radius 3 is 2.78 bits per heavy atom. The van der Waals surface area contributed by atoms with Crippen molar-refractivity contribution in [3.63, 3.8) is 0 Å². The number of thioether (sulfide) groups is 1. The van der Waals surface area contributed by atoms with Crippen molar-refractivity contribution in [2.24, 2.45) is 4.99 Å². The van der Waals surface area contributed by atoms with Crippen molar-refractivity contribution >= 4 is 28.9 Å². The van der Waals surface area contributed by atoms with Crippen molar-refractivity contribution < 1.29 is 14.3 Å². The van der Waals surface area contributed by atoms with Crippen LogP contribution in [0, 0.1) is 0 Å². The van der Waals surface area contributed by atoms with Gasteiger partial charge >= 0.3 is 0 Å². The molecule has 122 valence electrons. The van der Waals surface area contributed by atoms with Crippen LogP contribution in [0.2, 0.25) is 0 Å². The smallest absolute Gasteiger partial charge is 0.286 e. The minimum atomic E-state index is -0.162. The van der Waals surface area contributed by atoms with Crippen LogP contribution in [0.1, 0.15) is 25.3 Å². The van der Waals surface area contributed by atoms with Crippen LogP contribution in [0.4, 0.5) is 0 Å². The number of likely N-dealkylation sites (tertiary alicyclic amines) is 1. The molecule has 0 aliphatic carbocycles. The molecule has 0 radical (unpaired) electrons. The van der Waals surface area contributed by atoms with E-state index in [0.717, 1.165) is 23.8 Å². The lowest BCUT2D eigenvalue weighted by Crippen LogP contribution is -2.23. The zero-order valence-electron chi connectivity index (χ0n) is 13.4. The maximum Gasteiger partial charge on any atom is 0.286 e. The molecule has 1 aromatic carbocycles. The second-order valence-corrected chi connectivity index (χ2v) is 6.36. The lowest BCUT2D eigenvalue weighted by Gasteiger charge is -2.14. The molecule has 0 bridgehead atoms. The molecule has 0 aromatic heterocycles. The minimum Gasteiger partial charge on any atom is -0.493 e. The summed E-state index contributed by atoms with van der Waals surface area (Å²) >= 11 is 1.45. The van der Waals surface area contributed by atoms with Gasteiger partial charge in [-0.3, -0.25) is 4.79 Å². The highest BCUT2D eigenvalue weighted by Gasteiger charge is 2.27. The van der Waals surface area contributed by atoms with Crippen LogP contribution >= 0.6 is 11.8 Å². The largest absolute Gasteiger partial charge is 0.493 e. The van der Waals surface area contributed by atoms with Gasteiger partial charge in [-0.2, -0.15) is 4.99 Å². The number of nitrogens with zero attached hydrogens (tertiary/aromatic N) is 2.